The van der Waals surface area contributed by atoms with Crippen molar-refractivity contribution in [3.05, 3.63) is 33.1 Å². The Morgan fingerprint density at radius 1 is 1.67 bits per heavy atom. The van der Waals surface area contributed by atoms with E-state index in [1.165, 1.54) is 13.0 Å². The maximum Gasteiger partial charge on any atom is 0.301 e. The standard InChI is InChI=1S/C8H7ClF2N2O2/c1-4-2-5(3-9)7(13(14)15)6(12-4)8(10)11/h2,8H,3H2,1H3. The second kappa shape index (κ2) is 4.48. The first kappa shape index (κ1) is 11.8. The molecule has 0 atom stereocenters. The van der Waals surface area contributed by atoms with Crippen molar-refractivity contribution in [1.82, 2.24) is 4.98 Å². The van der Waals surface area contributed by atoms with Gasteiger partial charge in [-0.05, 0) is 13.0 Å². The second-order valence-corrected chi connectivity index (χ2v) is 3.12. The first-order valence-electron chi connectivity index (χ1n) is 3.96. The largest absolute Gasteiger partial charge is 0.301 e. The molecule has 1 aromatic rings. The topological polar surface area (TPSA) is 56.0 Å². The van der Waals surface area contributed by atoms with Gasteiger partial charge in [-0.25, -0.2) is 13.8 Å². The summed E-state index contributed by atoms with van der Waals surface area (Å²) in [4.78, 5) is 13.2. The maximum atomic E-state index is 12.5. The van der Waals surface area contributed by atoms with Crippen LogP contribution in [0.15, 0.2) is 6.07 Å². The minimum absolute atomic E-state index is 0.0597. The lowest BCUT2D eigenvalue weighted by atomic mass is 10.1. The zero-order valence-electron chi connectivity index (χ0n) is 7.71. The monoisotopic (exact) mass is 236 g/mol. The van der Waals surface area contributed by atoms with Crippen molar-refractivity contribution in [2.45, 2.75) is 19.2 Å². The Kier molecular flexibility index (Phi) is 3.52. The highest BCUT2D eigenvalue weighted by atomic mass is 35.5. The third kappa shape index (κ3) is 2.38. The molecule has 1 aromatic heterocycles. The van der Waals surface area contributed by atoms with Gasteiger partial charge in [0, 0.05) is 11.3 Å². The number of nitrogens with zero attached hydrogens (tertiary/aromatic N) is 2. The number of aromatic nitrogens is 1. The quantitative estimate of drug-likeness (QED) is 0.461. The van der Waals surface area contributed by atoms with Gasteiger partial charge in [0.15, 0.2) is 5.69 Å². The molecule has 0 saturated heterocycles. The van der Waals surface area contributed by atoms with Crippen molar-refractivity contribution < 1.29 is 13.7 Å². The molecule has 82 valence electrons. The number of aryl methyl sites for hydroxylation is 1. The van der Waals surface area contributed by atoms with Gasteiger partial charge in [0.05, 0.1) is 10.8 Å². The van der Waals surface area contributed by atoms with Crippen LogP contribution in [0.4, 0.5) is 14.5 Å². The molecule has 4 nitrogen and oxygen atoms in total. The number of nitro groups is 1. The average molecular weight is 237 g/mol. The van der Waals surface area contributed by atoms with Crippen molar-refractivity contribution in [2.24, 2.45) is 0 Å². The highest BCUT2D eigenvalue weighted by Crippen LogP contribution is 2.31. The maximum absolute atomic E-state index is 12.5. The van der Waals surface area contributed by atoms with Crippen LogP contribution in [0.5, 0.6) is 0 Å². The van der Waals surface area contributed by atoms with E-state index in [1.54, 1.807) is 0 Å². The Morgan fingerprint density at radius 2 is 2.27 bits per heavy atom. The number of rotatable bonds is 3. The van der Waals surface area contributed by atoms with Crippen molar-refractivity contribution in [2.75, 3.05) is 0 Å². The molecule has 0 aliphatic heterocycles. The van der Waals surface area contributed by atoms with E-state index >= 15 is 0 Å². The first-order valence-corrected chi connectivity index (χ1v) is 4.49. The fourth-order valence-electron chi connectivity index (χ4n) is 1.23. The number of pyridine rings is 1. The van der Waals surface area contributed by atoms with E-state index in [9.17, 15) is 18.9 Å². The summed E-state index contributed by atoms with van der Waals surface area (Å²) in [6.45, 7) is 1.48. The smallest absolute Gasteiger partial charge is 0.258 e. The van der Waals surface area contributed by atoms with Gasteiger partial charge in [-0.1, -0.05) is 0 Å². The Bertz CT molecular complexity index is 398. The SMILES string of the molecule is Cc1cc(CCl)c([N+](=O)[O-])c(C(F)F)n1. The summed E-state index contributed by atoms with van der Waals surface area (Å²) in [7, 11) is 0. The second-order valence-electron chi connectivity index (χ2n) is 2.85. The van der Waals surface area contributed by atoms with Crippen molar-refractivity contribution in [1.29, 1.82) is 0 Å². The Hall–Kier alpha value is -1.30. The lowest BCUT2D eigenvalue weighted by molar-refractivity contribution is -0.387. The van der Waals surface area contributed by atoms with Crippen molar-refractivity contribution >= 4 is 17.3 Å². The molecule has 1 heterocycles. The number of alkyl halides is 3. The fourth-order valence-corrected chi connectivity index (χ4v) is 1.43. The van der Waals surface area contributed by atoms with Crippen LogP contribution in [-0.2, 0) is 5.88 Å². The lowest BCUT2D eigenvalue weighted by Gasteiger charge is -2.05. The van der Waals surface area contributed by atoms with E-state index in [0.29, 0.717) is 0 Å². The molecular formula is C8H7ClF2N2O2. The molecule has 0 aliphatic carbocycles. The van der Waals surface area contributed by atoms with Gasteiger partial charge in [-0.2, -0.15) is 0 Å². The van der Waals surface area contributed by atoms with Crippen LogP contribution < -0.4 is 0 Å². The minimum Gasteiger partial charge on any atom is -0.258 e. The summed E-state index contributed by atoms with van der Waals surface area (Å²) in [5, 5.41) is 10.6. The van der Waals surface area contributed by atoms with Gasteiger partial charge in [0.25, 0.3) is 6.43 Å². The van der Waals surface area contributed by atoms with Crippen LogP contribution >= 0.6 is 11.6 Å². The molecule has 0 saturated carbocycles. The molecule has 0 unspecified atom stereocenters. The summed E-state index contributed by atoms with van der Waals surface area (Å²) in [6, 6.07) is 1.33. The van der Waals surface area contributed by atoms with Gasteiger partial charge in [0.1, 0.15) is 0 Å². The van der Waals surface area contributed by atoms with Crippen LogP contribution in [0.3, 0.4) is 0 Å². The molecule has 0 spiro atoms. The summed E-state index contributed by atoms with van der Waals surface area (Å²) >= 11 is 5.45. The summed E-state index contributed by atoms with van der Waals surface area (Å²) < 4.78 is 24.9. The Balaban J connectivity index is 3.47. The molecular weight excluding hydrogens is 230 g/mol. The molecule has 0 radical (unpaired) electrons. The van der Waals surface area contributed by atoms with E-state index in [1.807, 2.05) is 0 Å². The third-order valence-electron chi connectivity index (χ3n) is 1.76. The van der Waals surface area contributed by atoms with Crippen LogP contribution in [-0.4, -0.2) is 9.91 Å². The molecule has 0 fully saturated rings. The molecule has 7 heteroatoms. The molecule has 0 amide bonds. The minimum atomic E-state index is -2.98. The van der Waals surface area contributed by atoms with E-state index in [-0.39, 0.29) is 17.1 Å². The molecule has 15 heavy (non-hydrogen) atoms. The van der Waals surface area contributed by atoms with Gasteiger partial charge in [-0.15, -0.1) is 11.6 Å². The first-order chi connectivity index (χ1) is 6.97. The van der Waals surface area contributed by atoms with Crippen molar-refractivity contribution in [3.63, 3.8) is 0 Å². The number of halogens is 3. The molecule has 1 rings (SSSR count). The lowest BCUT2D eigenvalue weighted by Crippen LogP contribution is -2.04. The predicted molar refractivity (Wildman–Crippen MR) is 50.1 cm³/mol. The third-order valence-corrected chi connectivity index (χ3v) is 2.05. The molecule has 0 N–H and O–H groups in total. The van der Waals surface area contributed by atoms with Crippen molar-refractivity contribution in [3.8, 4) is 0 Å². The van der Waals surface area contributed by atoms with Gasteiger partial charge in [-0.3, -0.25) is 10.1 Å². The summed E-state index contributed by atoms with van der Waals surface area (Å²) in [5.74, 6) is -0.195. The Labute approximate surface area is 89.0 Å². The van der Waals surface area contributed by atoms with Crippen LogP contribution in [0, 0.1) is 17.0 Å². The van der Waals surface area contributed by atoms with Crippen LogP contribution in [0.2, 0.25) is 0 Å². The fraction of sp³-hybridized carbons (Fsp3) is 0.375. The summed E-state index contributed by atoms with van der Waals surface area (Å²) in [5.41, 5.74) is -1.17. The highest BCUT2D eigenvalue weighted by molar-refractivity contribution is 6.17. The zero-order valence-corrected chi connectivity index (χ0v) is 8.46. The van der Waals surface area contributed by atoms with Gasteiger partial charge in [0.2, 0.25) is 0 Å². The van der Waals surface area contributed by atoms with E-state index in [0.717, 1.165) is 0 Å². The molecule has 0 bridgehead atoms. The van der Waals surface area contributed by atoms with E-state index < -0.39 is 22.7 Å². The van der Waals surface area contributed by atoms with Crippen LogP contribution in [0.1, 0.15) is 23.4 Å². The number of hydrogen-bond donors (Lipinski definition) is 0. The molecule has 0 aromatic carbocycles. The predicted octanol–water partition coefficient (Wildman–Crippen LogP) is 2.97. The Morgan fingerprint density at radius 3 is 2.67 bits per heavy atom. The normalized spacial score (nSPS) is 10.7. The number of hydrogen-bond acceptors (Lipinski definition) is 3. The summed E-state index contributed by atoms with van der Waals surface area (Å²) in [6.07, 6.45) is -2.98. The highest BCUT2D eigenvalue weighted by Gasteiger charge is 2.27. The van der Waals surface area contributed by atoms with Gasteiger partial charge < -0.3 is 0 Å². The van der Waals surface area contributed by atoms with Crippen LogP contribution in [0.25, 0.3) is 0 Å². The van der Waals surface area contributed by atoms with E-state index in [2.05, 4.69) is 4.98 Å². The zero-order chi connectivity index (χ0) is 11.6. The average Bonchev–Trinajstić information content (AvgIpc) is 2.15. The molecule has 0 aliphatic rings. The van der Waals surface area contributed by atoms with Gasteiger partial charge >= 0.3 is 5.69 Å². The van der Waals surface area contributed by atoms with E-state index in [4.69, 9.17) is 11.6 Å².